The average Bonchev–Trinajstić information content (AvgIpc) is 3.18. The number of nitrogens with zero attached hydrogens (tertiary/aromatic N) is 3. The molecule has 3 aromatic rings. The maximum absolute atomic E-state index is 14.5. The molecular formula is C21H24ClFN6O2. The molecule has 8 nitrogen and oxygen atoms in total. The molecule has 1 fully saturated rings. The van der Waals surface area contributed by atoms with Gasteiger partial charge in [0.2, 0.25) is 5.91 Å². The number of rotatable bonds is 7. The number of ether oxygens (including phenoxy) is 1. The lowest BCUT2D eigenvalue weighted by molar-refractivity contribution is -0.126. The zero-order valence-electron chi connectivity index (χ0n) is 17.1. The van der Waals surface area contributed by atoms with Gasteiger partial charge < -0.3 is 20.4 Å². The number of pyridine rings is 1. The molecule has 0 radical (unpaired) electrons. The molecule has 0 saturated heterocycles. The van der Waals surface area contributed by atoms with Crippen LogP contribution in [0.5, 0.6) is 0 Å². The van der Waals surface area contributed by atoms with Crippen molar-refractivity contribution in [2.24, 2.45) is 5.92 Å². The lowest BCUT2D eigenvalue weighted by Crippen LogP contribution is -2.38. The molecule has 4 rings (SSSR count). The first-order chi connectivity index (χ1) is 15.0. The standard InChI is InChI=1S/C21H24ClFN6O2/c1-31-6-5-24-21(30)12-3-2-4-14(7-12)28-20-17(23)11-27-19(29-20)16-10-26-18-15(16)8-13(22)9-25-18/h8-12,14H,2-7H2,1H3,(H,24,30)(H,25,26)(H,27,28,29)/t12-,14?/m1/s1. The molecular weight excluding hydrogens is 423 g/mol. The van der Waals surface area contributed by atoms with Crippen LogP contribution in [0.2, 0.25) is 5.02 Å². The van der Waals surface area contributed by atoms with Crippen LogP contribution in [0.4, 0.5) is 10.2 Å². The molecule has 3 N–H and O–H groups in total. The van der Waals surface area contributed by atoms with Crippen molar-refractivity contribution in [2.45, 2.75) is 31.7 Å². The van der Waals surface area contributed by atoms with E-state index in [1.807, 2.05) is 0 Å². The van der Waals surface area contributed by atoms with Crippen LogP contribution in [-0.4, -0.2) is 52.1 Å². The number of anilines is 1. The van der Waals surface area contributed by atoms with Crippen molar-refractivity contribution < 1.29 is 13.9 Å². The fourth-order valence-corrected chi connectivity index (χ4v) is 4.09. The quantitative estimate of drug-likeness (QED) is 0.479. The summed E-state index contributed by atoms with van der Waals surface area (Å²) in [5, 5.41) is 7.32. The van der Waals surface area contributed by atoms with Gasteiger partial charge in [0.1, 0.15) is 5.65 Å². The van der Waals surface area contributed by atoms with E-state index in [1.165, 1.54) is 0 Å². The topological polar surface area (TPSA) is 105 Å². The number of halogens is 2. The van der Waals surface area contributed by atoms with Gasteiger partial charge in [-0.05, 0) is 25.3 Å². The van der Waals surface area contributed by atoms with E-state index in [2.05, 4.69) is 30.6 Å². The second kappa shape index (κ2) is 9.57. The number of amides is 1. The second-order valence-corrected chi connectivity index (χ2v) is 8.07. The number of fused-ring (bicyclic) bond motifs is 1. The SMILES string of the molecule is COCCNC(=O)[C@@H]1CCCC(Nc2nc(-c3c[nH]c4ncc(Cl)cc34)ncc2F)C1. The lowest BCUT2D eigenvalue weighted by Gasteiger charge is -2.29. The zero-order valence-corrected chi connectivity index (χ0v) is 17.9. The van der Waals surface area contributed by atoms with Crippen molar-refractivity contribution >= 4 is 34.4 Å². The molecule has 3 heterocycles. The van der Waals surface area contributed by atoms with E-state index in [0.29, 0.717) is 41.6 Å². The summed E-state index contributed by atoms with van der Waals surface area (Å²) >= 11 is 6.07. The van der Waals surface area contributed by atoms with Crippen molar-refractivity contribution in [3.05, 3.63) is 35.5 Å². The Hall–Kier alpha value is -2.78. The van der Waals surface area contributed by atoms with Crippen LogP contribution < -0.4 is 10.6 Å². The van der Waals surface area contributed by atoms with Crippen molar-refractivity contribution in [1.82, 2.24) is 25.3 Å². The van der Waals surface area contributed by atoms with Gasteiger partial charge in [0.05, 0.1) is 17.8 Å². The first kappa shape index (κ1) is 21.5. The van der Waals surface area contributed by atoms with E-state index in [4.69, 9.17) is 16.3 Å². The molecule has 0 aliphatic heterocycles. The van der Waals surface area contributed by atoms with Gasteiger partial charge in [-0.3, -0.25) is 4.79 Å². The summed E-state index contributed by atoms with van der Waals surface area (Å²) in [4.78, 5) is 28.2. The number of nitrogens with one attached hydrogen (secondary N) is 3. The fourth-order valence-electron chi connectivity index (χ4n) is 3.93. The van der Waals surface area contributed by atoms with Gasteiger partial charge in [-0.25, -0.2) is 19.3 Å². The van der Waals surface area contributed by atoms with Crippen LogP contribution in [0.3, 0.4) is 0 Å². The highest BCUT2D eigenvalue weighted by molar-refractivity contribution is 6.31. The van der Waals surface area contributed by atoms with Crippen molar-refractivity contribution in [1.29, 1.82) is 0 Å². The molecule has 10 heteroatoms. The summed E-state index contributed by atoms with van der Waals surface area (Å²) in [6.07, 6.45) is 7.58. The number of methoxy groups -OCH3 is 1. The Morgan fingerprint density at radius 2 is 2.23 bits per heavy atom. The Kier molecular flexibility index (Phi) is 6.62. The predicted octanol–water partition coefficient (Wildman–Crippen LogP) is 3.55. The van der Waals surface area contributed by atoms with Gasteiger partial charge >= 0.3 is 0 Å². The van der Waals surface area contributed by atoms with E-state index in [0.717, 1.165) is 30.8 Å². The third-order valence-corrected chi connectivity index (χ3v) is 5.68. The van der Waals surface area contributed by atoms with Gasteiger partial charge in [0, 0.05) is 49.0 Å². The highest BCUT2D eigenvalue weighted by Gasteiger charge is 2.28. The molecule has 0 spiro atoms. The maximum Gasteiger partial charge on any atom is 0.223 e. The molecule has 164 valence electrons. The summed E-state index contributed by atoms with van der Waals surface area (Å²) in [5.41, 5.74) is 1.34. The monoisotopic (exact) mass is 446 g/mol. The van der Waals surface area contributed by atoms with Crippen LogP contribution in [-0.2, 0) is 9.53 Å². The Morgan fingerprint density at radius 1 is 1.35 bits per heavy atom. The van der Waals surface area contributed by atoms with Crippen LogP contribution >= 0.6 is 11.6 Å². The highest BCUT2D eigenvalue weighted by Crippen LogP contribution is 2.30. The van der Waals surface area contributed by atoms with Crippen molar-refractivity contribution in [3.8, 4) is 11.4 Å². The zero-order chi connectivity index (χ0) is 21.8. The first-order valence-corrected chi connectivity index (χ1v) is 10.6. The van der Waals surface area contributed by atoms with E-state index < -0.39 is 5.82 Å². The van der Waals surface area contributed by atoms with Gasteiger partial charge in [-0.1, -0.05) is 18.0 Å². The number of H-pyrrole nitrogens is 1. The third-order valence-electron chi connectivity index (χ3n) is 5.47. The molecule has 1 aliphatic rings. The summed E-state index contributed by atoms with van der Waals surface area (Å²) < 4.78 is 19.5. The molecule has 31 heavy (non-hydrogen) atoms. The summed E-state index contributed by atoms with van der Waals surface area (Å²) in [6, 6.07) is 1.71. The summed E-state index contributed by atoms with van der Waals surface area (Å²) in [6.45, 7) is 0.959. The molecule has 1 saturated carbocycles. The second-order valence-electron chi connectivity index (χ2n) is 7.63. The van der Waals surface area contributed by atoms with E-state index in [-0.39, 0.29) is 23.7 Å². The Bertz CT molecular complexity index is 1080. The van der Waals surface area contributed by atoms with Gasteiger partial charge in [0.15, 0.2) is 17.5 Å². The lowest BCUT2D eigenvalue weighted by atomic mass is 9.85. The summed E-state index contributed by atoms with van der Waals surface area (Å²) in [7, 11) is 1.60. The minimum absolute atomic E-state index is 0.00979. The van der Waals surface area contributed by atoms with Crippen molar-refractivity contribution in [3.63, 3.8) is 0 Å². The van der Waals surface area contributed by atoms with E-state index >= 15 is 0 Å². The Morgan fingerprint density at radius 3 is 3.06 bits per heavy atom. The minimum Gasteiger partial charge on any atom is -0.383 e. The van der Waals surface area contributed by atoms with E-state index in [9.17, 15) is 9.18 Å². The normalized spacial score (nSPS) is 18.8. The van der Waals surface area contributed by atoms with Gasteiger partial charge in [-0.2, -0.15) is 0 Å². The molecule has 1 amide bonds. The van der Waals surface area contributed by atoms with Crippen molar-refractivity contribution in [2.75, 3.05) is 25.6 Å². The molecule has 2 atom stereocenters. The minimum atomic E-state index is -0.536. The molecule has 1 unspecified atom stereocenters. The van der Waals surface area contributed by atoms with Gasteiger partial charge in [0.25, 0.3) is 0 Å². The molecule has 3 aromatic heterocycles. The van der Waals surface area contributed by atoms with Crippen LogP contribution in [0.1, 0.15) is 25.7 Å². The smallest absolute Gasteiger partial charge is 0.223 e. The van der Waals surface area contributed by atoms with Gasteiger partial charge in [-0.15, -0.1) is 0 Å². The molecule has 1 aliphatic carbocycles. The fraction of sp³-hybridized carbons (Fsp3) is 0.429. The number of aromatic amines is 1. The third kappa shape index (κ3) is 4.94. The van der Waals surface area contributed by atoms with Crippen LogP contribution in [0.15, 0.2) is 24.7 Å². The number of hydrogen-bond acceptors (Lipinski definition) is 6. The Labute approximate surface area is 184 Å². The largest absolute Gasteiger partial charge is 0.383 e. The predicted molar refractivity (Wildman–Crippen MR) is 116 cm³/mol. The Balaban J connectivity index is 1.50. The molecule has 0 aromatic carbocycles. The highest BCUT2D eigenvalue weighted by atomic mass is 35.5. The maximum atomic E-state index is 14.5. The average molecular weight is 447 g/mol. The first-order valence-electron chi connectivity index (χ1n) is 10.2. The number of carbonyl (C=O) groups is 1. The number of aromatic nitrogens is 4. The molecule has 0 bridgehead atoms. The summed E-state index contributed by atoms with van der Waals surface area (Å²) in [5.74, 6) is -0.153. The van der Waals surface area contributed by atoms with E-state index in [1.54, 1.807) is 25.6 Å². The van der Waals surface area contributed by atoms with Crippen LogP contribution in [0, 0.1) is 11.7 Å². The number of carbonyl (C=O) groups excluding carboxylic acids is 1. The van der Waals surface area contributed by atoms with Crippen LogP contribution in [0.25, 0.3) is 22.4 Å². The number of hydrogen-bond donors (Lipinski definition) is 3.